The predicted octanol–water partition coefficient (Wildman–Crippen LogP) is 2.24. The van der Waals surface area contributed by atoms with Crippen LogP contribution in [0.3, 0.4) is 0 Å². The Bertz CT molecular complexity index is 1180. The highest BCUT2D eigenvalue weighted by atomic mass is 16.5. The van der Waals surface area contributed by atoms with E-state index in [1.54, 1.807) is 31.4 Å². The molecule has 0 unspecified atom stereocenters. The van der Waals surface area contributed by atoms with Gasteiger partial charge in [-0.1, -0.05) is 50.6 Å². The molecule has 5 atom stereocenters. The molecule has 2 aromatic carbocycles. The van der Waals surface area contributed by atoms with Crippen LogP contribution in [0.15, 0.2) is 54.7 Å². The van der Waals surface area contributed by atoms with E-state index in [0.29, 0.717) is 30.0 Å². The molecule has 1 saturated heterocycles. The van der Waals surface area contributed by atoms with Gasteiger partial charge in [-0.2, -0.15) is 0 Å². The van der Waals surface area contributed by atoms with E-state index in [1.807, 2.05) is 44.2 Å². The van der Waals surface area contributed by atoms with Gasteiger partial charge >= 0.3 is 0 Å². The van der Waals surface area contributed by atoms with E-state index < -0.39 is 30.1 Å². The van der Waals surface area contributed by atoms with Gasteiger partial charge < -0.3 is 30.7 Å². The first-order chi connectivity index (χ1) is 18.3. The molecule has 2 aliphatic heterocycles. The summed E-state index contributed by atoms with van der Waals surface area (Å²) in [7, 11) is 1.56. The lowest BCUT2D eigenvalue weighted by atomic mass is 9.98. The number of methoxy groups -OCH3 is 1. The molecule has 3 amide bonds. The van der Waals surface area contributed by atoms with Crippen molar-refractivity contribution < 1.29 is 23.9 Å². The summed E-state index contributed by atoms with van der Waals surface area (Å²) in [5, 5.41) is 5.67. The average Bonchev–Trinajstić information content (AvgIpc) is 3.35. The summed E-state index contributed by atoms with van der Waals surface area (Å²) in [6.07, 6.45) is 4.09. The number of hydrogen-bond donors (Lipinski definition) is 3. The SMILES string of the molecule is CC[C@H](C)[C@H](N)C(=O)N1CC[C@@H]2Oc3ccc(OC)c(c3)C=CNC(=O)[C@H](Cc3ccccc3)NC(=O)[C@@H]21. The first kappa shape index (κ1) is 27.2. The number of likely N-dealkylation sites (tertiary alicyclic amines) is 1. The van der Waals surface area contributed by atoms with Crippen molar-refractivity contribution in [2.45, 2.75) is 57.3 Å². The summed E-state index contributed by atoms with van der Waals surface area (Å²) in [6.45, 7) is 4.22. The molecule has 2 heterocycles. The van der Waals surface area contributed by atoms with Crippen LogP contribution >= 0.6 is 0 Å². The smallest absolute Gasteiger partial charge is 0.247 e. The van der Waals surface area contributed by atoms with E-state index >= 15 is 0 Å². The second kappa shape index (κ2) is 12.1. The van der Waals surface area contributed by atoms with Crippen molar-refractivity contribution >= 4 is 23.8 Å². The number of nitrogens with one attached hydrogen (secondary N) is 2. The van der Waals surface area contributed by atoms with Crippen LogP contribution < -0.4 is 25.8 Å². The van der Waals surface area contributed by atoms with Crippen LogP contribution in [0.5, 0.6) is 11.5 Å². The minimum Gasteiger partial charge on any atom is -0.496 e. The van der Waals surface area contributed by atoms with E-state index in [-0.39, 0.29) is 24.2 Å². The lowest BCUT2D eigenvalue weighted by molar-refractivity contribution is -0.142. The summed E-state index contributed by atoms with van der Waals surface area (Å²) in [4.78, 5) is 42.0. The van der Waals surface area contributed by atoms with Gasteiger partial charge in [-0.25, -0.2) is 0 Å². The van der Waals surface area contributed by atoms with Gasteiger partial charge in [-0.15, -0.1) is 0 Å². The first-order valence-corrected chi connectivity index (χ1v) is 13.0. The summed E-state index contributed by atoms with van der Waals surface area (Å²) in [5.74, 6) is -0.0434. The van der Waals surface area contributed by atoms with Crippen molar-refractivity contribution in [2.24, 2.45) is 11.7 Å². The molecule has 0 spiro atoms. The largest absolute Gasteiger partial charge is 0.496 e. The molecule has 2 aliphatic rings. The van der Waals surface area contributed by atoms with Crippen LogP contribution in [-0.2, 0) is 20.8 Å². The van der Waals surface area contributed by atoms with Crippen molar-refractivity contribution in [3.8, 4) is 11.5 Å². The average molecular weight is 521 g/mol. The second-order valence-corrected chi connectivity index (χ2v) is 9.83. The number of nitrogens with zero attached hydrogens (tertiary/aromatic N) is 1. The van der Waals surface area contributed by atoms with Crippen LogP contribution in [0.2, 0.25) is 0 Å². The normalized spacial score (nSPS) is 22.9. The van der Waals surface area contributed by atoms with Crippen molar-refractivity contribution in [1.29, 1.82) is 0 Å². The number of hydrogen-bond acceptors (Lipinski definition) is 6. The maximum Gasteiger partial charge on any atom is 0.247 e. The van der Waals surface area contributed by atoms with Gasteiger partial charge in [-0.3, -0.25) is 14.4 Å². The van der Waals surface area contributed by atoms with Crippen molar-refractivity contribution in [1.82, 2.24) is 15.5 Å². The fraction of sp³-hybridized carbons (Fsp3) is 0.414. The number of nitrogens with two attached hydrogens (primary N) is 1. The third-order valence-electron chi connectivity index (χ3n) is 7.33. The number of rotatable bonds is 6. The Morgan fingerprint density at radius 1 is 1.18 bits per heavy atom. The number of benzene rings is 2. The Morgan fingerprint density at radius 3 is 2.66 bits per heavy atom. The molecule has 202 valence electrons. The number of ether oxygens (including phenoxy) is 2. The number of amides is 3. The Morgan fingerprint density at radius 2 is 1.95 bits per heavy atom. The Kier molecular flexibility index (Phi) is 8.68. The van der Waals surface area contributed by atoms with Crippen LogP contribution in [0.1, 0.15) is 37.8 Å². The standard InChI is InChI=1S/C29H36N4O5/c1-4-18(2)25(30)29(36)33-15-13-24-26(33)28(35)32-22(16-19-8-6-5-7-9-19)27(34)31-14-12-20-17-21(38-24)10-11-23(20)37-3/h5-12,14,17-18,22,24-26H,4,13,15-16,30H2,1-3H3,(H,31,34)(H,32,35)/t18-,22-,24-,25-,26+/m0/s1. The van der Waals surface area contributed by atoms with E-state index in [9.17, 15) is 14.4 Å². The predicted molar refractivity (Wildman–Crippen MR) is 144 cm³/mol. The fourth-order valence-electron chi connectivity index (χ4n) is 4.85. The number of carbonyl (C=O) groups excluding carboxylic acids is 3. The molecule has 2 bridgehead atoms. The van der Waals surface area contributed by atoms with Crippen LogP contribution in [-0.4, -0.2) is 60.5 Å². The second-order valence-electron chi connectivity index (χ2n) is 9.83. The zero-order valence-electron chi connectivity index (χ0n) is 22.1. The van der Waals surface area contributed by atoms with Crippen LogP contribution in [0.4, 0.5) is 0 Å². The highest BCUT2D eigenvalue weighted by Gasteiger charge is 2.46. The van der Waals surface area contributed by atoms with Gasteiger partial charge in [0.15, 0.2) is 0 Å². The summed E-state index contributed by atoms with van der Waals surface area (Å²) in [6, 6.07) is 12.2. The third kappa shape index (κ3) is 5.99. The molecule has 0 radical (unpaired) electrons. The van der Waals surface area contributed by atoms with E-state index in [2.05, 4.69) is 10.6 Å². The molecule has 0 aliphatic carbocycles. The molecule has 9 heteroatoms. The Balaban J connectivity index is 1.71. The molecule has 4 N–H and O–H groups in total. The molecule has 2 aromatic rings. The molecular formula is C29H36N4O5. The van der Waals surface area contributed by atoms with Crippen molar-refractivity contribution in [2.75, 3.05) is 13.7 Å². The highest BCUT2D eigenvalue weighted by molar-refractivity contribution is 5.94. The molecule has 0 aromatic heterocycles. The number of carbonyl (C=O) groups is 3. The molecule has 1 fully saturated rings. The first-order valence-electron chi connectivity index (χ1n) is 13.0. The number of fused-ring (bicyclic) bond motifs is 3. The van der Waals surface area contributed by atoms with Gasteiger partial charge in [0.2, 0.25) is 17.7 Å². The summed E-state index contributed by atoms with van der Waals surface area (Å²) < 4.78 is 11.8. The van der Waals surface area contributed by atoms with Gasteiger partial charge in [-0.05, 0) is 35.8 Å². The lowest BCUT2D eigenvalue weighted by Crippen LogP contribution is -2.59. The van der Waals surface area contributed by atoms with Gasteiger partial charge in [0, 0.05) is 31.1 Å². The summed E-state index contributed by atoms with van der Waals surface area (Å²) >= 11 is 0. The van der Waals surface area contributed by atoms with Gasteiger partial charge in [0.25, 0.3) is 0 Å². The van der Waals surface area contributed by atoms with E-state index in [1.165, 1.54) is 11.1 Å². The van der Waals surface area contributed by atoms with Crippen LogP contribution in [0, 0.1) is 5.92 Å². The van der Waals surface area contributed by atoms with Crippen LogP contribution in [0.25, 0.3) is 6.08 Å². The highest BCUT2D eigenvalue weighted by Crippen LogP contribution is 2.30. The van der Waals surface area contributed by atoms with Gasteiger partial charge in [0.1, 0.15) is 29.7 Å². The monoisotopic (exact) mass is 520 g/mol. The Labute approximate surface area is 223 Å². The van der Waals surface area contributed by atoms with Crippen molar-refractivity contribution in [3.63, 3.8) is 0 Å². The molecular weight excluding hydrogens is 484 g/mol. The van der Waals surface area contributed by atoms with Gasteiger partial charge in [0.05, 0.1) is 13.2 Å². The zero-order chi connectivity index (χ0) is 27.2. The molecule has 4 rings (SSSR count). The quantitative estimate of drug-likeness (QED) is 0.537. The minimum absolute atomic E-state index is 0.0490. The van der Waals surface area contributed by atoms with E-state index in [0.717, 1.165) is 12.0 Å². The third-order valence-corrected chi connectivity index (χ3v) is 7.33. The minimum atomic E-state index is -0.942. The topological polar surface area (TPSA) is 123 Å². The summed E-state index contributed by atoms with van der Waals surface area (Å²) in [5.41, 5.74) is 7.88. The maximum atomic E-state index is 13.8. The molecule has 0 saturated carbocycles. The zero-order valence-corrected chi connectivity index (χ0v) is 22.1. The molecule has 9 nitrogen and oxygen atoms in total. The maximum absolute atomic E-state index is 13.8. The molecule has 38 heavy (non-hydrogen) atoms. The van der Waals surface area contributed by atoms with E-state index in [4.69, 9.17) is 15.2 Å². The van der Waals surface area contributed by atoms with Crippen molar-refractivity contribution in [3.05, 3.63) is 65.9 Å². The fourth-order valence-corrected chi connectivity index (χ4v) is 4.85. The Hall–Kier alpha value is -3.85. The lowest BCUT2D eigenvalue weighted by Gasteiger charge is -2.31.